The van der Waals surface area contributed by atoms with Crippen molar-refractivity contribution in [1.82, 2.24) is 9.55 Å². The third kappa shape index (κ3) is 2.28. The van der Waals surface area contributed by atoms with E-state index in [-0.39, 0.29) is 12.1 Å². The third-order valence-electron chi connectivity index (χ3n) is 2.56. The third-order valence-corrected chi connectivity index (χ3v) is 3.50. The lowest BCUT2D eigenvalue weighted by Gasteiger charge is -2.08. The van der Waals surface area contributed by atoms with E-state index in [2.05, 4.69) is 4.98 Å². The lowest BCUT2D eigenvalue weighted by Crippen LogP contribution is -2.27. The number of carbonyl (C=O) groups excluding carboxylic acids is 1. The number of esters is 1. The summed E-state index contributed by atoms with van der Waals surface area (Å²) < 4.78 is 6.20. The van der Waals surface area contributed by atoms with Crippen LogP contribution in [0.15, 0.2) is 10.9 Å². The van der Waals surface area contributed by atoms with Gasteiger partial charge in [-0.05, 0) is 26.8 Å². The minimum atomic E-state index is -0.421. The molecule has 2 aromatic heterocycles. The molecule has 0 saturated carbocycles. The highest BCUT2D eigenvalue weighted by molar-refractivity contribution is 7.18. The van der Waals surface area contributed by atoms with Crippen LogP contribution in [0.4, 0.5) is 0 Å². The van der Waals surface area contributed by atoms with Crippen LogP contribution in [0.1, 0.15) is 17.6 Å². The summed E-state index contributed by atoms with van der Waals surface area (Å²) in [6.45, 7) is 5.60. The van der Waals surface area contributed by atoms with E-state index in [1.54, 1.807) is 19.9 Å². The molecule has 2 aromatic rings. The summed E-state index contributed by atoms with van der Waals surface area (Å²) >= 11 is 1.48. The standard InChI is InChI=1S/C12H14N2O3S/c1-4-17-10(15)6-14-8(3)13-11-9(12(14)16)5-7(2)18-11/h5H,4,6H2,1-3H3. The van der Waals surface area contributed by atoms with Gasteiger partial charge in [0.1, 0.15) is 17.2 Å². The van der Waals surface area contributed by atoms with E-state index in [9.17, 15) is 9.59 Å². The zero-order valence-electron chi connectivity index (χ0n) is 10.5. The van der Waals surface area contributed by atoms with E-state index in [0.29, 0.717) is 17.8 Å². The molecule has 0 aliphatic heterocycles. The molecular formula is C12H14N2O3S. The molecule has 0 bridgehead atoms. The lowest BCUT2D eigenvalue weighted by atomic mass is 10.3. The second-order valence-corrected chi connectivity index (χ2v) is 5.17. The summed E-state index contributed by atoms with van der Waals surface area (Å²) in [6.07, 6.45) is 0. The molecule has 2 heterocycles. The Labute approximate surface area is 108 Å². The first-order valence-electron chi connectivity index (χ1n) is 5.66. The highest BCUT2D eigenvalue weighted by Gasteiger charge is 2.13. The number of ether oxygens (including phenoxy) is 1. The Kier molecular flexibility index (Phi) is 3.47. The van der Waals surface area contributed by atoms with Gasteiger partial charge in [0.2, 0.25) is 0 Å². The van der Waals surface area contributed by atoms with E-state index < -0.39 is 5.97 Å². The Morgan fingerprint density at radius 1 is 1.50 bits per heavy atom. The number of nitrogens with zero attached hydrogens (tertiary/aromatic N) is 2. The smallest absolute Gasteiger partial charge is 0.326 e. The first kappa shape index (κ1) is 12.8. The Bertz CT molecular complexity index is 657. The summed E-state index contributed by atoms with van der Waals surface area (Å²) in [6, 6.07) is 1.80. The van der Waals surface area contributed by atoms with Gasteiger partial charge in [-0.3, -0.25) is 14.2 Å². The van der Waals surface area contributed by atoms with Crippen molar-refractivity contribution in [2.45, 2.75) is 27.3 Å². The predicted octanol–water partition coefficient (Wildman–Crippen LogP) is 1.64. The van der Waals surface area contributed by atoms with Crippen molar-refractivity contribution in [1.29, 1.82) is 0 Å². The van der Waals surface area contributed by atoms with Crippen LogP contribution in [0.25, 0.3) is 10.2 Å². The van der Waals surface area contributed by atoms with Crippen LogP contribution < -0.4 is 5.56 Å². The maximum absolute atomic E-state index is 12.2. The fourth-order valence-electron chi connectivity index (χ4n) is 1.76. The fourth-order valence-corrected chi connectivity index (χ4v) is 2.68. The zero-order chi connectivity index (χ0) is 13.3. The molecule has 0 saturated heterocycles. The van der Waals surface area contributed by atoms with E-state index in [0.717, 1.165) is 9.71 Å². The SMILES string of the molecule is CCOC(=O)Cn1c(C)nc2sc(C)cc2c1=O. The number of hydrogen-bond donors (Lipinski definition) is 0. The molecule has 96 valence electrons. The van der Waals surface area contributed by atoms with Crippen molar-refractivity contribution < 1.29 is 9.53 Å². The molecule has 0 amide bonds. The molecule has 0 radical (unpaired) electrons. The summed E-state index contributed by atoms with van der Waals surface area (Å²) in [5.41, 5.74) is -0.185. The molecule has 0 unspecified atom stereocenters. The predicted molar refractivity (Wildman–Crippen MR) is 70.0 cm³/mol. The van der Waals surface area contributed by atoms with E-state index in [1.165, 1.54) is 15.9 Å². The average molecular weight is 266 g/mol. The van der Waals surface area contributed by atoms with Gasteiger partial charge in [0, 0.05) is 4.88 Å². The molecule has 0 aromatic carbocycles. The van der Waals surface area contributed by atoms with Crippen LogP contribution in [-0.4, -0.2) is 22.1 Å². The molecule has 5 nitrogen and oxygen atoms in total. The monoisotopic (exact) mass is 266 g/mol. The number of hydrogen-bond acceptors (Lipinski definition) is 5. The van der Waals surface area contributed by atoms with E-state index >= 15 is 0 Å². The molecule has 0 fully saturated rings. The van der Waals surface area contributed by atoms with Gasteiger partial charge in [0.05, 0.1) is 12.0 Å². The van der Waals surface area contributed by atoms with Crippen molar-refractivity contribution in [3.05, 3.63) is 27.1 Å². The minimum Gasteiger partial charge on any atom is -0.465 e. The van der Waals surface area contributed by atoms with Gasteiger partial charge in [0.15, 0.2) is 0 Å². The molecule has 2 rings (SSSR count). The zero-order valence-corrected chi connectivity index (χ0v) is 11.3. The average Bonchev–Trinajstić information content (AvgIpc) is 2.65. The summed E-state index contributed by atoms with van der Waals surface area (Å²) in [7, 11) is 0. The maximum atomic E-state index is 12.2. The number of aryl methyl sites for hydroxylation is 2. The van der Waals surface area contributed by atoms with Crippen LogP contribution in [0.5, 0.6) is 0 Å². The Balaban J connectivity index is 2.50. The van der Waals surface area contributed by atoms with Gasteiger partial charge < -0.3 is 4.74 Å². The summed E-state index contributed by atoms with van der Waals surface area (Å²) in [5, 5.41) is 0.562. The Morgan fingerprint density at radius 2 is 2.22 bits per heavy atom. The van der Waals surface area contributed by atoms with Crippen molar-refractivity contribution >= 4 is 27.5 Å². The number of thiophene rings is 1. The topological polar surface area (TPSA) is 61.2 Å². The molecule has 0 N–H and O–H groups in total. The quantitative estimate of drug-likeness (QED) is 0.792. The van der Waals surface area contributed by atoms with Gasteiger partial charge in [-0.2, -0.15) is 0 Å². The van der Waals surface area contributed by atoms with Crippen LogP contribution in [0.3, 0.4) is 0 Å². The highest BCUT2D eigenvalue weighted by Crippen LogP contribution is 2.20. The maximum Gasteiger partial charge on any atom is 0.326 e. The molecular weight excluding hydrogens is 252 g/mol. The molecule has 0 aliphatic rings. The second kappa shape index (κ2) is 4.89. The van der Waals surface area contributed by atoms with Gasteiger partial charge in [-0.1, -0.05) is 0 Å². The Hall–Kier alpha value is -1.69. The van der Waals surface area contributed by atoms with E-state index in [4.69, 9.17) is 4.74 Å². The normalized spacial score (nSPS) is 10.8. The first-order chi connectivity index (χ1) is 8.52. The molecule has 0 aliphatic carbocycles. The highest BCUT2D eigenvalue weighted by atomic mass is 32.1. The number of carbonyl (C=O) groups is 1. The lowest BCUT2D eigenvalue weighted by molar-refractivity contribution is -0.143. The molecule has 18 heavy (non-hydrogen) atoms. The van der Waals surface area contributed by atoms with Gasteiger partial charge in [0.25, 0.3) is 5.56 Å². The number of fused-ring (bicyclic) bond motifs is 1. The molecule has 0 spiro atoms. The van der Waals surface area contributed by atoms with Gasteiger partial charge in [-0.15, -0.1) is 11.3 Å². The van der Waals surface area contributed by atoms with Gasteiger partial charge >= 0.3 is 5.97 Å². The molecule has 6 heteroatoms. The minimum absolute atomic E-state index is 0.0870. The fraction of sp³-hybridized carbons (Fsp3) is 0.417. The summed E-state index contributed by atoms with van der Waals surface area (Å²) in [4.78, 5) is 29.8. The Morgan fingerprint density at radius 3 is 2.89 bits per heavy atom. The second-order valence-electron chi connectivity index (χ2n) is 3.93. The molecule has 0 atom stereocenters. The van der Waals surface area contributed by atoms with Crippen molar-refractivity contribution in [2.75, 3.05) is 6.61 Å². The first-order valence-corrected chi connectivity index (χ1v) is 6.47. The van der Waals surface area contributed by atoms with Crippen LogP contribution in [0, 0.1) is 13.8 Å². The van der Waals surface area contributed by atoms with Crippen molar-refractivity contribution in [3.8, 4) is 0 Å². The number of aromatic nitrogens is 2. The van der Waals surface area contributed by atoms with Gasteiger partial charge in [-0.25, -0.2) is 4.98 Å². The van der Waals surface area contributed by atoms with Crippen molar-refractivity contribution in [3.63, 3.8) is 0 Å². The van der Waals surface area contributed by atoms with Crippen LogP contribution in [-0.2, 0) is 16.1 Å². The number of rotatable bonds is 3. The van der Waals surface area contributed by atoms with Crippen molar-refractivity contribution in [2.24, 2.45) is 0 Å². The van der Waals surface area contributed by atoms with E-state index in [1.807, 2.05) is 6.92 Å². The summed E-state index contributed by atoms with van der Waals surface area (Å²) in [5.74, 6) is 0.109. The largest absolute Gasteiger partial charge is 0.465 e. The van der Waals surface area contributed by atoms with Crippen LogP contribution >= 0.6 is 11.3 Å². The van der Waals surface area contributed by atoms with Crippen LogP contribution in [0.2, 0.25) is 0 Å².